The molecule has 0 aromatic carbocycles. The molecule has 1 aliphatic rings. The van der Waals surface area contributed by atoms with E-state index in [9.17, 15) is 9.59 Å². The number of nitrogens with zero attached hydrogens (tertiary/aromatic N) is 1. The summed E-state index contributed by atoms with van der Waals surface area (Å²) in [6.45, 7) is 2.15. The Labute approximate surface area is 96.3 Å². The molecule has 0 aromatic rings. The van der Waals surface area contributed by atoms with Crippen molar-refractivity contribution in [2.75, 3.05) is 20.2 Å². The van der Waals surface area contributed by atoms with Crippen LogP contribution in [0.3, 0.4) is 0 Å². The molecule has 1 amide bonds. The second-order valence-corrected chi connectivity index (χ2v) is 4.02. The van der Waals surface area contributed by atoms with Crippen LogP contribution in [0.1, 0.15) is 26.2 Å². The smallest absolute Gasteiger partial charge is 0.325 e. The largest absolute Gasteiger partial charge is 0.465 e. The third-order valence-corrected chi connectivity index (χ3v) is 2.65. The summed E-state index contributed by atoms with van der Waals surface area (Å²) < 4.78 is 4.79. The Morgan fingerprint density at radius 3 is 2.81 bits per heavy atom. The summed E-state index contributed by atoms with van der Waals surface area (Å²) in [5, 5.41) is 0. The lowest BCUT2D eigenvalue weighted by atomic mass is 10.0. The zero-order chi connectivity index (χ0) is 12.0. The van der Waals surface area contributed by atoms with Crippen molar-refractivity contribution in [2.45, 2.75) is 26.2 Å². The molecule has 0 spiro atoms. The summed E-state index contributed by atoms with van der Waals surface area (Å²) in [5.41, 5.74) is 0. The second kappa shape index (κ2) is 6.30. The number of hydrogen-bond acceptors (Lipinski definition) is 3. The topological polar surface area (TPSA) is 46.6 Å². The van der Waals surface area contributed by atoms with Crippen molar-refractivity contribution in [3.05, 3.63) is 12.2 Å². The number of carbonyl (C=O) groups is 2. The quantitative estimate of drug-likeness (QED) is 0.524. The summed E-state index contributed by atoms with van der Waals surface area (Å²) in [7, 11) is 1.64. The maximum absolute atomic E-state index is 11.7. The lowest BCUT2D eigenvalue weighted by molar-refractivity contribution is -0.148. The molecule has 90 valence electrons. The third kappa shape index (κ3) is 4.04. The maximum atomic E-state index is 11.7. The van der Waals surface area contributed by atoms with Crippen molar-refractivity contribution < 1.29 is 14.3 Å². The predicted molar refractivity (Wildman–Crippen MR) is 60.8 cm³/mol. The maximum Gasteiger partial charge on any atom is 0.325 e. The second-order valence-electron chi connectivity index (χ2n) is 4.02. The van der Waals surface area contributed by atoms with Gasteiger partial charge in [-0.1, -0.05) is 12.2 Å². The molecule has 0 saturated heterocycles. The first kappa shape index (κ1) is 12.7. The lowest BCUT2D eigenvalue weighted by Gasteiger charge is -2.17. The molecule has 0 aromatic heterocycles. The molecule has 0 saturated carbocycles. The summed E-state index contributed by atoms with van der Waals surface area (Å²) in [6.07, 6.45) is 6.77. The van der Waals surface area contributed by atoms with Gasteiger partial charge < -0.3 is 9.64 Å². The van der Waals surface area contributed by atoms with Crippen molar-refractivity contribution in [2.24, 2.45) is 5.92 Å². The van der Waals surface area contributed by atoms with Gasteiger partial charge >= 0.3 is 5.97 Å². The molecule has 1 rings (SSSR count). The van der Waals surface area contributed by atoms with Crippen molar-refractivity contribution in [1.82, 2.24) is 4.90 Å². The Morgan fingerprint density at radius 2 is 2.25 bits per heavy atom. The van der Waals surface area contributed by atoms with Crippen LogP contribution in [-0.2, 0) is 14.3 Å². The number of esters is 1. The highest BCUT2D eigenvalue weighted by Gasteiger charge is 2.18. The molecule has 0 fully saturated rings. The minimum atomic E-state index is -0.347. The molecule has 1 aliphatic carbocycles. The van der Waals surface area contributed by atoms with E-state index in [1.54, 1.807) is 14.0 Å². The molecule has 4 heteroatoms. The van der Waals surface area contributed by atoms with Gasteiger partial charge in [-0.15, -0.1) is 0 Å². The molecular weight excluding hydrogens is 206 g/mol. The van der Waals surface area contributed by atoms with Gasteiger partial charge in [-0.2, -0.15) is 0 Å². The molecule has 0 heterocycles. The zero-order valence-electron chi connectivity index (χ0n) is 9.94. The van der Waals surface area contributed by atoms with Gasteiger partial charge in [0.15, 0.2) is 0 Å². The Bertz CT molecular complexity index is 286. The molecule has 0 radical (unpaired) electrons. The Balaban J connectivity index is 2.29. The first-order chi connectivity index (χ1) is 7.63. The molecule has 4 nitrogen and oxygen atoms in total. The van der Waals surface area contributed by atoms with Crippen LogP contribution < -0.4 is 0 Å². The average molecular weight is 225 g/mol. The normalized spacial score (nSPS) is 18.5. The highest BCUT2D eigenvalue weighted by molar-refractivity contribution is 5.82. The van der Waals surface area contributed by atoms with Gasteiger partial charge in [0.25, 0.3) is 0 Å². The van der Waals surface area contributed by atoms with Crippen LogP contribution in [-0.4, -0.2) is 37.0 Å². The van der Waals surface area contributed by atoms with Crippen LogP contribution in [0.15, 0.2) is 12.2 Å². The van der Waals surface area contributed by atoms with Gasteiger partial charge in [0.05, 0.1) is 6.61 Å². The molecular formula is C12H19NO3. The van der Waals surface area contributed by atoms with E-state index in [4.69, 9.17) is 4.74 Å². The summed E-state index contributed by atoms with van der Waals surface area (Å²) in [5.74, 6) is 0.00191. The molecule has 1 atom stereocenters. The number of likely N-dealkylation sites (N-methyl/N-ethyl adjacent to an activating group) is 1. The van der Waals surface area contributed by atoms with Crippen molar-refractivity contribution in [1.29, 1.82) is 0 Å². The van der Waals surface area contributed by atoms with Gasteiger partial charge in [-0.05, 0) is 25.7 Å². The van der Waals surface area contributed by atoms with Crippen molar-refractivity contribution in [3.8, 4) is 0 Å². The van der Waals surface area contributed by atoms with Gasteiger partial charge in [-0.3, -0.25) is 9.59 Å². The number of amides is 1. The number of ether oxygens (including phenoxy) is 1. The fraction of sp³-hybridized carbons (Fsp3) is 0.667. The summed E-state index contributed by atoms with van der Waals surface area (Å²) in [4.78, 5) is 24.3. The highest BCUT2D eigenvalue weighted by Crippen LogP contribution is 2.20. The SMILES string of the molecule is CCOC(=O)CN(C)C(=O)CC1C=CCC1. The molecule has 0 N–H and O–H groups in total. The average Bonchev–Trinajstić information content (AvgIpc) is 2.70. The number of carbonyl (C=O) groups excluding carboxylic acids is 2. The lowest BCUT2D eigenvalue weighted by Crippen LogP contribution is -2.33. The van der Waals surface area contributed by atoms with Gasteiger partial charge in [-0.25, -0.2) is 0 Å². The number of hydrogen-bond donors (Lipinski definition) is 0. The van der Waals surface area contributed by atoms with Crippen LogP contribution in [0.25, 0.3) is 0 Å². The Hall–Kier alpha value is -1.32. The van der Waals surface area contributed by atoms with E-state index in [-0.39, 0.29) is 18.4 Å². The predicted octanol–water partition coefficient (Wildman–Crippen LogP) is 1.36. The van der Waals surface area contributed by atoms with Crippen molar-refractivity contribution in [3.63, 3.8) is 0 Å². The van der Waals surface area contributed by atoms with Crippen LogP contribution in [0, 0.1) is 5.92 Å². The van der Waals surface area contributed by atoms with Gasteiger partial charge in [0, 0.05) is 13.5 Å². The van der Waals surface area contributed by atoms with E-state index in [0.717, 1.165) is 12.8 Å². The van der Waals surface area contributed by atoms with Crippen molar-refractivity contribution >= 4 is 11.9 Å². The standard InChI is InChI=1S/C12H19NO3/c1-3-16-12(15)9-13(2)11(14)8-10-6-4-5-7-10/h4,6,10H,3,5,7-9H2,1-2H3. The van der Waals surface area contributed by atoms with Crippen LogP contribution in [0.4, 0.5) is 0 Å². The monoisotopic (exact) mass is 225 g/mol. The van der Waals surface area contributed by atoms with Crippen LogP contribution in [0.2, 0.25) is 0 Å². The van der Waals surface area contributed by atoms with E-state index < -0.39 is 0 Å². The molecule has 0 aliphatic heterocycles. The highest BCUT2D eigenvalue weighted by atomic mass is 16.5. The number of rotatable bonds is 5. The molecule has 0 bridgehead atoms. The fourth-order valence-electron chi connectivity index (χ4n) is 1.73. The Kier molecular flexibility index (Phi) is 5.02. The molecule has 1 unspecified atom stereocenters. The first-order valence-electron chi connectivity index (χ1n) is 5.69. The Morgan fingerprint density at radius 1 is 1.50 bits per heavy atom. The molecule has 16 heavy (non-hydrogen) atoms. The third-order valence-electron chi connectivity index (χ3n) is 2.65. The zero-order valence-corrected chi connectivity index (χ0v) is 9.94. The number of allylic oxidation sites excluding steroid dienone is 2. The van der Waals surface area contributed by atoms with Gasteiger partial charge in [0.1, 0.15) is 6.54 Å². The van der Waals surface area contributed by atoms with E-state index in [1.807, 2.05) is 0 Å². The van der Waals surface area contributed by atoms with E-state index in [0.29, 0.717) is 18.9 Å². The first-order valence-corrected chi connectivity index (χ1v) is 5.69. The van der Waals surface area contributed by atoms with Crippen LogP contribution in [0.5, 0.6) is 0 Å². The van der Waals surface area contributed by atoms with E-state index in [2.05, 4.69) is 12.2 Å². The van der Waals surface area contributed by atoms with Crippen LogP contribution >= 0.6 is 0 Å². The summed E-state index contributed by atoms with van der Waals surface area (Å²) >= 11 is 0. The fourth-order valence-corrected chi connectivity index (χ4v) is 1.73. The minimum Gasteiger partial charge on any atom is -0.465 e. The van der Waals surface area contributed by atoms with E-state index >= 15 is 0 Å². The van der Waals surface area contributed by atoms with Gasteiger partial charge in [0.2, 0.25) is 5.91 Å². The minimum absolute atomic E-state index is 0.00426. The van der Waals surface area contributed by atoms with E-state index in [1.165, 1.54) is 4.90 Å². The summed E-state index contributed by atoms with van der Waals surface area (Å²) in [6, 6.07) is 0.